The summed E-state index contributed by atoms with van der Waals surface area (Å²) in [4.78, 5) is 53.7. The molecule has 63 heavy (non-hydrogen) atoms. The molecule has 10 atom stereocenters. The lowest BCUT2D eigenvalue weighted by atomic mass is 10.0. The van der Waals surface area contributed by atoms with E-state index in [1.165, 1.54) is 37.0 Å². The van der Waals surface area contributed by atoms with Crippen molar-refractivity contribution in [3.8, 4) is 0 Å². The molecule has 16 nitrogen and oxygen atoms in total. The van der Waals surface area contributed by atoms with Gasteiger partial charge in [0.15, 0.2) is 18.3 Å². The molecule has 0 radical (unpaired) electrons. The number of aliphatic hydroxyl groups excluding tert-OH is 5. The number of anilines is 2. The van der Waals surface area contributed by atoms with E-state index in [1.807, 2.05) is 61.5 Å². The summed E-state index contributed by atoms with van der Waals surface area (Å²) in [7, 11) is 5.95. The van der Waals surface area contributed by atoms with E-state index in [4.69, 9.17) is 19.9 Å². The Hall–Kier alpha value is -3.53. The summed E-state index contributed by atoms with van der Waals surface area (Å²) < 4.78 is 14.8. The zero-order valence-electron chi connectivity index (χ0n) is 36.6. The van der Waals surface area contributed by atoms with Crippen LogP contribution in [0.3, 0.4) is 0 Å². The average molecular weight is 942 g/mol. The van der Waals surface area contributed by atoms with E-state index >= 15 is 0 Å². The molecule has 3 aliphatic rings. The van der Waals surface area contributed by atoms with Crippen molar-refractivity contribution in [2.45, 2.75) is 123 Å². The second-order valence-electron chi connectivity index (χ2n) is 14.8. The Kier molecular flexibility index (Phi) is 25.1. The molecule has 5 rings (SSSR count). The van der Waals surface area contributed by atoms with Gasteiger partial charge in [-0.1, -0.05) is 88.1 Å². The molecule has 0 aliphatic carbocycles. The molecule has 3 amide bonds. The number of nitrogens with zero attached hydrogens (tertiary/aromatic N) is 2. The Bertz CT molecular complexity index is 1810. The SMILES string of the molecule is CCCC/C=C/[C@@H](O)[C@@H]1OC(=O)[C@H](OC)[C@@H]1O.CCCC/C=C/[C@@H](O)[C@H](O)[C@@H](O)[C@@H](OC)C(=O)N[C@H]1CSc2ccccc2N(C)C1=O.CN1C(=O)[C@@H](N)CSc2ccccc21.Cl. The van der Waals surface area contributed by atoms with E-state index in [-0.39, 0.29) is 24.2 Å². The number of carbonyl (C=O) groups excluding carboxylic acids is 4. The van der Waals surface area contributed by atoms with Gasteiger partial charge in [-0.3, -0.25) is 14.4 Å². The second-order valence-corrected chi connectivity index (χ2v) is 17.0. The van der Waals surface area contributed by atoms with E-state index < -0.39 is 72.8 Å². The smallest absolute Gasteiger partial charge is 0.338 e. The van der Waals surface area contributed by atoms with Crippen LogP contribution in [0, 0.1) is 0 Å². The normalized spacial score (nSPS) is 23.3. The van der Waals surface area contributed by atoms with Crippen molar-refractivity contribution in [2.24, 2.45) is 5.73 Å². The maximum atomic E-state index is 12.8. The number of nitrogens with two attached hydrogens (primary N) is 1. The number of cyclic esters (lactones) is 1. The molecule has 1 saturated heterocycles. The van der Waals surface area contributed by atoms with Gasteiger partial charge in [0, 0.05) is 49.6 Å². The highest BCUT2D eigenvalue weighted by atomic mass is 35.5. The topological polar surface area (TPSA) is 242 Å². The maximum absolute atomic E-state index is 12.8. The molecule has 3 heterocycles. The van der Waals surface area contributed by atoms with Crippen molar-refractivity contribution >= 4 is 71.0 Å². The first-order chi connectivity index (χ1) is 29.6. The van der Waals surface area contributed by atoms with E-state index in [0.29, 0.717) is 11.5 Å². The number of aliphatic hydroxyl groups is 5. The number of carbonyl (C=O) groups is 4. The lowest BCUT2D eigenvalue weighted by Gasteiger charge is -2.28. The molecule has 352 valence electrons. The standard InChI is InChI=1S/C22H32N2O6S.C12H20O5.C10H12N2OS.ClH/c1-4-5-6-7-11-16(25)18(26)19(27)20(30-3)21(28)23-14-13-31-17-12-9-8-10-15(17)24(2)22(14)29;1-3-4-5-6-7-8(13)10-9(14)11(16-2)12(15)17-10;1-12-8-4-2-3-5-9(8)14-6-7(11)10(12)13;/h7-12,14,16,18-20,25-27H,4-6,13H2,1-3H3,(H,23,28);6-11,13-14H,3-5H2,1-2H3;2-5,7H,6,11H2,1H3;1H/b11-7+;7-6+;;/t14-,16+,18-,19+,20+;8-,9-,10+,11-;7-;/m010./s1. The number of methoxy groups -OCH3 is 2. The minimum absolute atomic E-state index is 0. The van der Waals surface area contributed by atoms with Crippen LogP contribution >= 0.6 is 35.9 Å². The van der Waals surface area contributed by atoms with Crippen LogP contribution in [0.25, 0.3) is 0 Å². The van der Waals surface area contributed by atoms with Gasteiger partial charge in [0.1, 0.15) is 36.6 Å². The summed E-state index contributed by atoms with van der Waals surface area (Å²) in [6.45, 7) is 4.12. The lowest BCUT2D eigenvalue weighted by molar-refractivity contribution is -0.151. The molecule has 8 N–H and O–H groups in total. The quantitative estimate of drug-likeness (QED) is 0.0728. The number of amides is 3. The summed E-state index contributed by atoms with van der Waals surface area (Å²) in [5.41, 5.74) is 7.45. The van der Waals surface area contributed by atoms with Gasteiger partial charge in [-0.05, 0) is 37.1 Å². The number of hydrogen-bond donors (Lipinski definition) is 7. The van der Waals surface area contributed by atoms with Crippen molar-refractivity contribution in [1.82, 2.24) is 5.32 Å². The van der Waals surface area contributed by atoms with Gasteiger partial charge in [-0.25, -0.2) is 4.79 Å². The number of halogens is 1. The summed E-state index contributed by atoms with van der Waals surface area (Å²) in [6, 6.07) is 14.1. The number of benzene rings is 2. The van der Waals surface area contributed by atoms with E-state index in [0.717, 1.165) is 59.7 Å². The molecular weight excluding hydrogens is 876 g/mol. The summed E-state index contributed by atoms with van der Waals surface area (Å²) in [6.07, 6.45) is 1.97. The van der Waals surface area contributed by atoms with Crippen LogP contribution < -0.4 is 20.9 Å². The molecule has 0 spiro atoms. The Morgan fingerprint density at radius 3 is 1.90 bits per heavy atom. The van der Waals surface area contributed by atoms with E-state index in [2.05, 4.69) is 12.2 Å². The third kappa shape index (κ3) is 15.8. The molecule has 3 aliphatic heterocycles. The van der Waals surface area contributed by atoms with Crippen LogP contribution in [0.4, 0.5) is 11.4 Å². The predicted octanol–water partition coefficient (Wildman–Crippen LogP) is 2.98. The lowest BCUT2D eigenvalue weighted by Crippen LogP contribution is -2.56. The predicted molar refractivity (Wildman–Crippen MR) is 247 cm³/mol. The minimum Gasteiger partial charge on any atom is -0.454 e. The number of ether oxygens (including phenoxy) is 3. The second kappa shape index (κ2) is 28.4. The number of likely N-dealkylation sites (N-methyl/N-ethyl adjacent to an activating group) is 2. The highest BCUT2D eigenvalue weighted by molar-refractivity contribution is 7.99. The number of rotatable bonds is 16. The first kappa shape index (κ1) is 55.6. The molecule has 2 aromatic rings. The third-order valence-electron chi connectivity index (χ3n) is 10.2. The first-order valence-electron chi connectivity index (χ1n) is 20.7. The Morgan fingerprint density at radius 1 is 0.857 bits per heavy atom. The first-order valence-corrected chi connectivity index (χ1v) is 22.6. The number of esters is 1. The van der Waals surface area contributed by atoms with Crippen molar-refractivity contribution in [1.29, 1.82) is 0 Å². The fraction of sp³-hybridized carbons (Fsp3) is 0.545. The van der Waals surface area contributed by atoms with Crippen molar-refractivity contribution in [3.05, 3.63) is 72.8 Å². The van der Waals surface area contributed by atoms with E-state index in [1.54, 1.807) is 42.9 Å². The van der Waals surface area contributed by atoms with Gasteiger partial charge in [0.25, 0.3) is 5.91 Å². The molecule has 0 saturated carbocycles. The van der Waals surface area contributed by atoms with E-state index in [9.17, 15) is 44.7 Å². The largest absolute Gasteiger partial charge is 0.454 e. The molecular formula is C44H65ClN4O12S2. The highest BCUT2D eigenvalue weighted by Gasteiger charge is 2.46. The summed E-state index contributed by atoms with van der Waals surface area (Å²) >= 11 is 3.08. The zero-order chi connectivity index (χ0) is 45.9. The monoisotopic (exact) mass is 940 g/mol. The van der Waals surface area contributed by atoms with Crippen LogP contribution in [0.1, 0.15) is 52.4 Å². The number of unbranched alkanes of at least 4 members (excludes halogenated alkanes) is 4. The summed E-state index contributed by atoms with van der Waals surface area (Å²) in [5.74, 6) is -0.721. The number of fused-ring (bicyclic) bond motifs is 2. The Morgan fingerprint density at radius 2 is 1.38 bits per heavy atom. The van der Waals surface area contributed by atoms with Crippen LogP contribution in [0.5, 0.6) is 0 Å². The van der Waals surface area contributed by atoms with Gasteiger partial charge < -0.3 is 60.6 Å². The van der Waals surface area contributed by atoms with Crippen molar-refractivity contribution in [2.75, 3.05) is 49.6 Å². The Balaban J connectivity index is 0.000000357. The third-order valence-corrected chi connectivity index (χ3v) is 12.6. The fourth-order valence-electron chi connectivity index (χ4n) is 6.50. The number of nitrogens with one attached hydrogen (secondary N) is 1. The van der Waals surface area contributed by atoms with Crippen molar-refractivity contribution < 1.29 is 58.9 Å². The van der Waals surface area contributed by atoms with Gasteiger partial charge in [0.05, 0.1) is 17.4 Å². The maximum Gasteiger partial charge on any atom is 0.338 e. The van der Waals surface area contributed by atoms with Gasteiger partial charge in [-0.15, -0.1) is 35.9 Å². The van der Waals surface area contributed by atoms with Crippen LogP contribution in [0.2, 0.25) is 0 Å². The number of allylic oxidation sites excluding steroid dienone is 2. The van der Waals surface area contributed by atoms with Gasteiger partial charge in [0.2, 0.25) is 11.8 Å². The van der Waals surface area contributed by atoms with Gasteiger partial charge in [-0.2, -0.15) is 0 Å². The van der Waals surface area contributed by atoms with Crippen LogP contribution in [-0.2, 0) is 33.4 Å². The summed E-state index contributed by atoms with van der Waals surface area (Å²) in [5, 5.41) is 52.9. The molecule has 19 heteroatoms. The minimum atomic E-state index is -1.68. The zero-order valence-corrected chi connectivity index (χ0v) is 39.1. The van der Waals surface area contributed by atoms with Gasteiger partial charge >= 0.3 is 5.97 Å². The molecule has 1 fully saturated rings. The van der Waals surface area contributed by atoms with Crippen LogP contribution in [0.15, 0.2) is 82.6 Å². The van der Waals surface area contributed by atoms with Crippen molar-refractivity contribution in [3.63, 3.8) is 0 Å². The average Bonchev–Trinajstić information content (AvgIpc) is 3.45. The number of para-hydroxylation sites is 2. The number of thioether (sulfide) groups is 2. The molecule has 0 unspecified atom stereocenters. The molecule has 0 bridgehead atoms. The van der Waals surface area contributed by atoms with Crippen LogP contribution in [-0.4, -0.2) is 150 Å². The molecule has 0 aromatic heterocycles. The fourth-order valence-corrected chi connectivity index (χ4v) is 8.63. The molecule has 2 aromatic carbocycles. The Labute approximate surface area is 385 Å². The number of hydrogen-bond acceptors (Lipinski definition) is 15. The highest BCUT2D eigenvalue weighted by Crippen LogP contribution is 2.34.